The molecule has 8 nitrogen and oxygen atoms in total. The zero-order valence-electron chi connectivity index (χ0n) is 15.4. The molecule has 4 amide bonds. The molecule has 1 aliphatic carbocycles. The number of fused-ring (bicyclic) bond motifs is 4. The molecule has 4 heterocycles. The quantitative estimate of drug-likeness (QED) is 0.716. The molecule has 4 aliphatic heterocycles. The first-order chi connectivity index (χ1) is 13.5. The summed E-state index contributed by atoms with van der Waals surface area (Å²) in [6, 6.07) is 5.53. The lowest BCUT2D eigenvalue weighted by Gasteiger charge is -2.39. The van der Waals surface area contributed by atoms with E-state index in [9.17, 15) is 19.2 Å². The molecule has 3 saturated heterocycles. The highest BCUT2D eigenvalue weighted by Gasteiger charge is 2.46. The van der Waals surface area contributed by atoms with E-state index in [1.165, 1.54) is 0 Å². The predicted octanol–water partition coefficient (Wildman–Crippen LogP) is 0.0240. The Hall–Kier alpha value is -2.58. The Balaban J connectivity index is 1.43. The highest BCUT2D eigenvalue weighted by Crippen LogP contribution is 2.33. The fourth-order valence-corrected chi connectivity index (χ4v) is 4.79. The first-order valence-electron chi connectivity index (χ1n) is 9.84. The van der Waals surface area contributed by atoms with Crippen LogP contribution in [0.4, 0.5) is 0 Å². The molecule has 2 bridgehead atoms. The van der Waals surface area contributed by atoms with Gasteiger partial charge in [0.05, 0.1) is 11.1 Å². The van der Waals surface area contributed by atoms with Gasteiger partial charge in [-0.15, -0.1) is 0 Å². The molecule has 4 fully saturated rings. The van der Waals surface area contributed by atoms with Gasteiger partial charge >= 0.3 is 0 Å². The summed E-state index contributed by atoms with van der Waals surface area (Å²) in [5.41, 5.74) is 1.59. The minimum absolute atomic E-state index is 0.125. The highest BCUT2D eigenvalue weighted by molar-refractivity contribution is 6.24. The van der Waals surface area contributed by atoms with Crippen molar-refractivity contribution in [1.29, 1.82) is 0 Å². The molecule has 1 aromatic carbocycles. The third-order valence-corrected chi connectivity index (χ3v) is 6.39. The van der Waals surface area contributed by atoms with Crippen LogP contribution in [-0.4, -0.2) is 64.6 Å². The molecule has 5 aliphatic rings. The minimum atomic E-state index is -0.923. The molecule has 8 heteroatoms. The van der Waals surface area contributed by atoms with Gasteiger partial charge in [-0.3, -0.25) is 34.3 Å². The van der Waals surface area contributed by atoms with Crippen molar-refractivity contribution >= 4 is 23.6 Å². The maximum atomic E-state index is 13.2. The summed E-state index contributed by atoms with van der Waals surface area (Å²) in [6.45, 7) is 2.44. The first-order valence-corrected chi connectivity index (χ1v) is 9.84. The van der Waals surface area contributed by atoms with Crippen molar-refractivity contribution in [3.8, 4) is 0 Å². The van der Waals surface area contributed by atoms with E-state index in [2.05, 4.69) is 15.5 Å². The second kappa shape index (κ2) is 6.49. The third-order valence-electron chi connectivity index (χ3n) is 6.39. The van der Waals surface area contributed by atoms with Crippen molar-refractivity contribution in [2.24, 2.45) is 0 Å². The van der Waals surface area contributed by atoms with Crippen LogP contribution in [0.15, 0.2) is 18.2 Å². The van der Waals surface area contributed by atoms with Crippen molar-refractivity contribution in [3.63, 3.8) is 0 Å². The Labute approximate surface area is 162 Å². The van der Waals surface area contributed by atoms with Crippen molar-refractivity contribution in [2.75, 3.05) is 13.1 Å². The average molecular weight is 382 g/mol. The number of carbonyl (C=O) groups excluding carboxylic acids is 4. The Morgan fingerprint density at radius 1 is 1.07 bits per heavy atom. The standard InChI is InChI=1S/C20H22N4O4/c25-16-5-4-15(18(26)22-16)24-19(27)14-3-1-2-11(17(14)20(24)28)10-23-7-6-21-12-8-13(23)9-12/h1-3,12-13,15,21H,4-10H2,(H,22,25,26). The topological polar surface area (TPSA) is 98.8 Å². The lowest BCUT2D eigenvalue weighted by molar-refractivity contribution is -0.136. The van der Waals surface area contributed by atoms with Gasteiger partial charge in [-0.2, -0.15) is 0 Å². The molecule has 1 unspecified atom stereocenters. The second-order valence-electron chi connectivity index (χ2n) is 8.03. The van der Waals surface area contributed by atoms with Gasteiger partial charge in [0.2, 0.25) is 11.8 Å². The Morgan fingerprint density at radius 2 is 1.89 bits per heavy atom. The van der Waals surface area contributed by atoms with Crippen LogP contribution in [0.1, 0.15) is 52.0 Å². The van der Waals surface area contributed by atoms with Crippen molar-refractivity contribution in [2.45, 2.75) is 50.4 Å². The summed E-state index contributed by atoms with van der Waals surface area (Å²) in [7, 11) is 0. The smallest absolute Gasteiger partial charge is 0.262 e. The van der Waals surface area contributed by atoms with E-state index in [0.717, 1.165) is 36.4 Å². The number of hydrogen-bond donors (Lipinski definition) is 2. The molecule has 146 valence electrons. The maximum absolute atomic E-state index is 13.2. The number of hydrogen-bond acceptors (Lipinski definition) is 6. The largest absolute Gasteiger partial charge is 0.313 e. The van der Waals surface area contributed by atoms with Crippen LogP contribution in [0.5, 0.6) is 0 Å². The molecule has 0 radical (unpaired) electrons. The number of amides is 4. The maximum Gasteiger partial charge on any atom is 0.262 e. The molecule has 1 atom stereocenters. The number of piperidine rings is 1. The number of carbonyl (C=O) groups is 4. The van der Waals surface area contributed by atoms with Gasteiger partial charge in [0, 0.05) is 38.1 Å². The molecular weight excluding hydrogens is 360 g/mol. The van der Waals surface area contributed by atoms with Gasteiger partial charge < -0.3 is 5.32 Å². The monoisotopic (exact) mass is 382 g/mol. The van der Waals surface area contributed by atoms with E-state index in [4.69, 9.17) is 0 Å². The van der Waals surface area contributed by atoms with Crippen molar-refractivity contribution < 1.29 is 19.2 Å². The van der Waals surface area contributed by atoms with Crippen LogP contribution >= 0.6 is 0 Å². The lowest BCUT2D eigenvalue weighted by atomic mass is 9.86. The van der Waals surface area contributed by atoms with Gasteiger partial charge in [-0.25, -0.2) is 0 Å². The molecule has 1 saturated carbocycles. The minimum Gasteiger partial charge on any atom is -0.313 e. The van der Waals surface area contributed by atoms with Crippen LogP contribution in [0, 0.1) is 0 Å². The summed E-state index contributed by atoms with van der Waals surface area (Å²) in [4.78, 5) is 53.2. The highest BCUT2D eigenvalue weighted by atomic mass is 16.2. The van der Waals surface area contributed by atoms with E-state index in [0.29, 0.717) is 29.8 Å². The molecule has 0 aromatic heterocycles. The molecule has 6 rings (SSSR count). The lowest BCUT2D eigenvalue weighted by Crippen LogP contribution is -2.54. The van der Waals surface area contributed by atoms with Crippen LogP contribution < -0.4 is 10.6 Å². The number of nitrogens with zero attached hydrogens (tertiary/aromatic N) is 2. The fraction of sp³-hybridized carbons (Fsp3) is 0.500. The van der Waals surface area contributed by atoms with Crippen molar-refractivity contribution in [3.05, 3.63) is 34.9 Å². The van der Waals surface area contributed by atoms with E-state index < -0.39 is 23.8 Å². The van der Waals surface area contributed by atoms with E-state index in [1.54, 1.807) is 12.1 Å². The van der Waals surface area contributed by atoms with E-state index >= 15 is 0 Å². The van der Waals surface area contributed by atoms with E-state index in [1.807, 2.05) is 6.07 Å². The van der Waals surface area contributed by atoms with Crippen LogP contribution in [0.3, 0.4) is 0 Å². The molecule has 0 spiro atoms. The fourth-order valence-electron chi connectivity index (χ4n) is 4.79. The zero-order valence-corrected chi connectivity index (χ0v) is 15.4. The number of imide groups is 2. The van der Waals surface area contributed by atoms with Gasteiger partial charge in [-0.05, 0) is 30.9 Å². The second-order valence-corrected chi connectivity index (χ2v) is 8.03. The summed E-state index contributed by atoms with van der Waals surface area (Å²) >= 11 is 0. The van der Waals surface area contributed by atoms with Crippen LogP contribution in [0.25, 0.3) is 0 Å². The number of nitrogens with one attached hydrogen (secondary N) is 2. The summed E-state index contributed by atoms with van der Waals surface area (Å²) in [6.07, 6.45) is 2.53. The van der Waals surface area contributed by atoms with Gasteiger partial charge in [0.15, 0.2) is 0 Å². The van der Waals surface area contributed by atoms with Crippen molar-refractivity contribution in [1.82, 2.24) is 20.4 Å². The van der Waals surface area contributed by atoms with Crippen LogP contribution in [-0.2, 0) is 16.1 Å². The Bertz CT molecular complexity index is 892. The number of rotatable bonds is 3. The average Bonchev–Trinajstić information content (AvgIpc) is 2.81. The molecule has 2 N–H and O–H groups in total. The normalized spacial score (nSPS) is 30.0. The summed E-state index contributed by atoms with van der Waals surface area (Å²) in [5.74, 6) is -1.82. The van der Waals surface area contributed by atoms with Gasteiger partial charge in [-0.1, -0.05) is 12.1 Å². The predicted molar refractivity (Wildman–Crippen MR) is 98.3 cm³/mol. The molecular formula is C20H22N4O4. The first kappa shape index (κ1) is 17.5. The van der Waals surface area contributed by atoms with Crippen LogP contribution in [0.2, 0.25) is 0 Å². The Kier molecular flexibility index (Phi) is 4.06. The third kappa shape index (κ3) is 2.67. The molecule has 1 aromatic rings. The van der Waals surface area contributed by atoms with Gasteiger partial charge in [0.25, 0.3) is 11.8 Å². The number of benzene rings is 1. The Morgan fingerprint density at radius 3 is 2.68 bits per heavy atom. The summed E-state index contributed by atoms with van der Waals surface area (Å²) in [5, 5.41) is 5.74. The molecule has 28 heavy (non-hydrogen) atoms. The summed E-state index contributed by atoms with van der Waals surface area (Å²) < 4.78 is 0. The SMILES string of the molecule is O=C1CCC(N2C(=O)c3cccc(CN4CCNC5CC4C5)c3C2=O)C(=O)N1. The van der Waals surface area contributed by atoms with E-state index in [-0.39, 0.29) is 18.7 Å². The van der Waals surface area contributed by atoms with Gasteiger partial charge in [0.1, 0.15) is 6.04 Å². The zero-order chi connectivity index (χ0) is 19.4.